The van der Waals surface area contributed by atoms with Crippen molar-refractivity contribution in [3.05, 3.63) is 23.7 Å². The van der Waals surface area contributed by atoms with Gasteiger partial charge in [0.15, 0.2) is 0 Å². The number of nitrogens with one attached hydrogen (secondary N) is 1. The first-order valence-electron chi connectivity index (χ1n) is 5.53. The van der Waals surface area contributed by atoms with Gasteiger partial charge in [-0.3, -0.25) is 0 Å². The van der Waals surface area contributed by atoms with Gasteiger partial charge in [0.1, 0.15) is 0 Å². The van der Waals surface area contributed by atoms with Crippen molar-refractivity contribution in [1.29, 1.82) is 0 Å². The van der Waals surface area contributed by atoms with E-state index in [2.05, 4.69) is 25.4 Å². The van der Waals surface area contributed by atoms with Gasteiger partial charge in [0.25, 0.3) is 5.95 Å². The van der Waals surface area contributed by atoms with Crippen LogP contribution in [0.2, 0.25) is 5.28 Å². The predicted molar refractivity (Wildman–Crippen MR) is 66.9 cm³/mol. The maximum atomic E-state index is 5.83. The van der Waals surface area contributed by atoms with Crippen LogP contribution in [0.25, 0.3) is 5.95 Å². The van der Waals surface area contributed by atoms with Gasteiger partial charge in [0.2, 0.25) is 11.2 Å². The molecule has 0 aromatic carbocycles. The Hall–Kier alpha value is -1.73. The fraction of sp³-hybridized carbons (Fsp3) is 0.400. The molecule has 0 bridgehead atoms. The lowest BCUT2D eigenvalue weighted by Gasteiger charge is -2.06. The highest BCUT2D eigenvalue weighted by Gasteiger charge is 2.06. The fourth-order valence-corrected chi connectivity index (χ4v) is 1.44. The SMILES string of the molecule is CCOCCNc1nc(Cl)nc(-n2cccn2)n1. The molecule has 0 unspecified atom stereocenters. The van der Waals surface area contributed by atoms with Crippen LogP contribution in [0.4, 0.5) is 5.95 Å². The van der Waals surface area contributed by atoms with Crippen LogP contribution in [-0.4, -0.2) is 44.5 Å². The minimum absolute atomic E-state index is 0.120. The lowest BCUT2D eigenvalue weighted by molar-refractivity contribution is 0.158. The third-order valence-corrected chi connectivity index (χ3v) is 2.21. The Balaban J connectivity index is 2.07. The van der Waals surface area contributed by atoms with E-state index in [0.29, 0.717) is 31.7 Å². The van der Waals surface area contributed by atoms with E-state index in [1.54, 1.807) is 18.5 Å². The minimum atomic E-state index is 0.120. The van der Waals surface area contributed by atoms with E-state index in [-0.39, 0.29) is 5.28 Å². The predicted octanol–water partition coefficient (Wildman–Crippen LogP) is 1.16. The van der Waals surface area contributed by atoms with Crippen LogP contribution in [0, 0.1) is 0 Å². The first kappa shape index (κ1) is 12.7. The minimum Gasteiger partial charge on any atom is -0.380 e. The lowest BCUT2D eigenvalue weighted by atomic mass is 10.6. The molecular formula is C10H13ClN6O. The third kappa shape index (κ3) is 3.38. The van der Waals surface area contributed by atoms with Crippen LogP contribution in [0.15, 0.2) is 18.5 Å². The second kappa shape index (κ2) is 6.27. The third-order valence-electron chi connectivity index (χ3n) is 2.04. The molecule has 7 nitrogen and oxygen atoms in total. The molecule has 1 N–H and O–H groups in total. The zero-order chi connectivity index (χ0) is 12.8. The second-order valence-corrected chi connectivity index (χ2v) is 3.64. The van der Waals surface area contributed by atoms with E-state index >= 15 is 0 Å². The van der Waals surface area contributed by atoms with Gasteiger partial charge >= 0.3 is 0 Å². The van der Waals surface area contributed by atoms with E-state index < -0.39 is 0 Å². The lowest BCUT2D eigenvalue weighted by Crippen LogP contribution is -2.13. The molecule has 0 fully saturated rings. The van der Waals surface area contributed by atoms with Crippen LogP contribution < -0.4 is 5.32 Å². The Labute approximate surface area is 109 Å². The van der Waals surface area contributed by atoms with Gasteiger partial charge in [-0.15, -0.1) is 0 Å². The van der Waals surface area contributed by atoms with E-state index in [4.69, 9.17) is 16.3 Å². The molecule has 0 amide bonds. The summed E-state index contributed by atoms with van der Waals surface area (Å²) >= 11 is 5.83. The van der Waals surface area contributed by atoms with Gasteiger partial charge in [-0.1, -0.05) is 0 Å². The maximum Gasteiger partial charge on any atom is 0.256 e. The van der Waals surface area contributed by atoms with Gasteiger partial charge in [-0.2, -0.15) is 20.1 Å². The molecule has 8 heteroatoms. The molecule has 0 saturated heterocycles. The van der Waals surface area contributed by atoms with Crippen molar-refractivity contribution in [1.82, 2.24) is 24.7 Å². The first-order valence-corrected chi connectivity index (χ1v) is 5.90. The van der Waals surface area contributed by atoms with Crippen molar-refractivity contribution in [3.63, 3.8) is 0 Å². The molecule has 2 rings (SSSR count). The quantitative estimate of drug-likeness (QED) is 0.792. The van der Waals surface area contributed by atoms with Crippen LogP contribution in [0.3, 0.4) is 0 Å². The summed E-state index contributed by atoms with van der Waals surface area (Å²) in [6, 6.07) is 1.78. The van der Waals surface area contributed by atoms with Crippen molar-refractivity contribution >= 4 is 17.5 Å². The molecule has 0 aliphatic heterocycles. The summed E-state index contributed by atoms with van der Waals surface area (Å²) < 4.78 is 6.72. The number of aromatic nitrogens is 5. The molecule has 0 radical (unpaired) electrons. The van der Waals surface area contributed by atoms with Crippen LogP contribution in [0.5, 0.6) is 0 Å². The smallest absolute Gasteiger partial charge is 0.256 e. The summed E-state index contributed by atoms with van der Waals surface area (Å²) in [6.45, 7) is 3.80. The average Bonchev–Trinajstić information content (AvgIpc) is 2.88. The normalized spacial score (nSPS) is 10.6. The van der Waals surface area contributed by atoms with Gasteiger partial charge in [0.05, 0.1) is 6.61 Å². The molecule has 0 saturated carbocycles. The molecule has 0 aliphatic rings. The van der Waals surface area contributed by atoms with Crippen molar-refractivity contribution in [2.75, 3.05) is 25.1 Å². The molecule has 2 heterocycles. The number of hydrogen-bond donors (Lipinski definition) is 1. The van der Waals surface area contributed by atoms with Crippen LogP contribution in [0.1, 0.15) is 6.92 Å². The molecule has 0 spiro atoms. The number of nitrogens with zero attached hydrogens (tertiary/aromatic N) is 5. The zero-order valence-corrected chi connectivity index (χ0v) is 10.6. The molecule has 96 valence electrons. The summed E-state index contributed by atoms with van der Waals surface area (Å²) in [6.07, 6.45) is 3.37. The summed E-state index contributed by atoms with van der Waals surface area (Å²) in [5, 5.41) is 7.16. The van der Waals surface area contributed by atoms with Crippen LogP contribution >= 0.6 is 11.6 Å². The first-order chi connectivity index (χ1) is 8.79. The highest BCUT2D eigenvalue weighted by Crippen LogP contribution is 2.08. The van der Waals surface area contributed by atoms with Gasteiger partial charge in [-0.25, -0.2) is 4.68 Å². The van der Waals surface area contributed by atoms with E-state index in [9.17, 15) is 0 Å². The van der Waals surface area contributed by atoms with Gasteiger partial charge in [-0.05, 0) is 24.6 Å². The Morgan fingerprint density at radius 3 is 3.00 bits per heavy atom. The van der Waals surface area contributed by atoms with Gasteiger partial charge < -0.3 is 10.1 Å². The fourth-order valence-electron chi connectivity index (χ4n) is 1.29. The number of anilines is 1. The standard InChI is InChI=1S/C10H13ClN6O/c1-2-18-7-5-12-9-14-8(11)15-10(16-9)17-6-3-4-13-17/h3-4,6H,2,5,7H2,1H3,(H,12,14,15,16). The Bertz CT molecular complexity index is 489. The van der Waals surface area contributed by atoms with Crippen molar-refractivity contribution in [2.24, 2.45) is 0 Å². The Kier molecular flexibility index (Phi) is 4.43. The second-order valence-electron chi connectivity index (χ2n) is 3.30. The van der Waals surface area contributed by atoms with Crippen molar-refractivity contribution in [3.8, 4) is 5.95 Å². The summed E-state index contributed by atoms with van der Waals surface area (Å²) in [5.74, 6) is 0.777. The Morgan fingerprint density at radius 1 is 1.39 bits per heavy atom. The molecule has 2 aromatic heterocycles. The summed E-state index contributed by atoms with van der Waals surface area (Å²) in [5.41, 5.74) is 0. The largest absolute Gasteiger partial charge is 0.380 e. The average molecular weight is 269 g/mol. The maximum absolute atomic E-state index is 5.83. The number of hydrogen-bond acceptors (Lipinski definition) is 6. The number of rotatable bonds is 6. The molecule has 0 atom stereocenters. The zero-order valence-electron chi connectivity index (χ0n) is 9.88. The number of ether oxygens (including phenoxy) is 1. The molecule has 18 heavy (non-hydrogen) atoms. The highest BCUT2D eigenvalue weighted by molar-refractivity contribution is 6.28. The van der Waals surface area contributed by atoms with Crippen molar-refractivity contribution < 1.29 is 4.74 Å². The molecule has 0 aliphatic carbocycles. The van der Waals surface area contributed by atoms with E-state index in [1.165, 1.54) is 4.68 Å². The number of halogens is 1. The topological polar surface area (TPSA) is 77.8 Å². The van der Waals surface area contributed by atoms with E-state index in [0.717, 1.165) is 0 Å². The monoisotopic (exact) mass is 268 g/mol. The highest BCUT2D eigenvalue weighted by atomic mass is 35.5. The van der Waals surface area contributed by atoms with Crippen molar-refractivity contribution in [2.45, 2.75) is 6.92 Å². The van der Waals surface area contributed by atoms with Gasteiger partial charge in [0, 0.05) is 25.5 Å². The van der Waals surface area contributed by atoms with E-state index in [1.807, 2.05) is 6.92 Å². The summed E-state index contributed by atoms with van der Waals surface area (Å²) in [4.78, 5) is 12.2. The summed E-state index contributed by atoms with van der Waals surface area (Å²) in [7, 11) is 0. The molecule has 2 aromatic rings. The molecular weight excluding hydrogens is 256 g/mol. The van der Waals surface area contributed by atoms with Crippen LogP contribution in [-0.2, 0) is 4.74 Å². The Morgan fingerprint density at radius 2 is 2.28 bits per heavy atom.